The largest absolute Gasteiger partial charge is 0.494 e. The molecule has 0 saturated heterocycles. The molecule has 0 radical (unpaired) electrons. The van der Waals surface area contributed by atoms with Crippen molar-refractivity contribution in [1.29, 1.82) is 5.26 Å². The molecular formula is C25H20IN3O5. The molecule has 3 aromatic carbocycles. The maximum atomic E-state index is 12.5. The van der Waals surface area contributed by atoms with Gasteiger partial charge in [0.15, 0.2) is 0 Å². The van der Waals surface area contributed by atoms with Crippen LogP contribution in [-0.2, 0) is 11.4 Å². The zero-order valence-corrected chi connectivity index (χ0v) is 20.3. The average Bonchev–Trinajstić information content (AvgIpc) is 2.83. The summed E-state index contributed by atoms with van der Waals surface area (Å²) in [6.45, 7) is 2.68. The number of nitriles is 1. The predicted molar refractivity (Wildman–Crippen MR) is 136 cm³/mol. The quantitative estimate of drug-likeness (QED) is 0.116. The molecule has 0 aliphatic rings. The van der Waals surface area contributed by atoms with Gasteiger partial charge in [-0.25, -0.2) is 0 Å². The van der Waals surface area contributed by atoms with E-state index in [1.807, 2.05) is 13.0 Å². The van der Waals surface area contributed by atoms with Crippen LogP contribution in [0.25, 0.3) is 6.08 Å². The van der Waals surface area contributed by atoms with Crippen LogP contribution in [0.15, 0.2) is 72.3 Å². The van der Waals surface area contributed by atoms with E-state index in [0.29, 0.717) is 29.4 Å². The second-order valence-corrected chi connectivity index (χ2v) is 8.15. The number of benzene rings is 3. The maximum Gasteiger partial charge on any atom is 0.269 e. The van der Waals surface area contributed by atoms with Gasteiger partial charge in [-0.05, 0) is 95.2 Å². The van der Waals surface area contributed by atoms with Crippen LogP contribution in [0.1, 0.15) is 18.1 Å². The van der Waals surface area contributed by atoms with Crippen LogP contribution in [0, 0.1) is 25.0 Å². The Balaban J connectivity index is 1.65. The third-order valence-corrected chi connectivity index (χ3v) is 5.44. The number of carbonyl (C=O) groups excluding carboxylic acids is 1. The molecule has 0 spiro atoms. The van der Waals surface area contributed by atoms with Crippen LogP contribution in [-0.4, -0.2) is 17.4 Å². The molecule has 3 aromatic rings. The summed E-state index contributed by atoms with van der Waals surface area (Å²) in [4.78, 5) is 22.8. The van der Waals surface area contributed by atoms with Crippen molar-refractivity contribution in [3.05, 3.63) is 97.1 Å². The van der Waals surface area contributed by atoms with Crippen LogP contribution in [0.3, 0.4) is 0 Å². The molecular weight excluding hydrogens is 549 g/mol. The summed E-state index contributed by atoms with van der Waals surface area (Å²) in [5.41, 5.74) is 2.01. The highest BCUT2D eigenvalue weighted by atomic mass is 127. The Hall–Kier alpha value is -3.91. The topological polar surface area (TPSA) is 114 Å². The number of non-ortho nitro benzene ring substituents is 1. The van der Waals surface area contributed by atoms with Crippen molar-refractivity contribution in [2.75, 3.05) is 11.9 Å². The summed E-state index contributed by atoms with van der Waals surface area (Å²) >= 11 is 2.11. The lowest BCUT2D eigenvalue weighted by atomic mass is 10.1. The summed E-state index contributed by atoms with van der Waals surface area (Å²) in [7, 11) is 0. The Kier molecular flexibility index (Phi) is 8.59. The van der Waals surface area contributed by atoms with Gasteiger partial charge < -0.3 is 14.8 Å². The first-order chi connectivity index (χ1) is 16.4. The summed E-state index contributed by atoms with van der Waals surface area (Å²) in [6.07, 6.45) is 1.51. The molecule has 0 saturated carbocycles. The summed E-state index contributed by atoms with van der Waals surface area (Å²) in [5, 5.41) is 22.9. The molecule has 0 aliphatic carbocycles. The van der Waals surface area contributed by atoms with Crippen LogP contribution in [0.5, 0.6) is 11.5 Å². The van der Waals surface area contributed by atoms with E-state index in [1.54, 1.807) is 54.6 Å². The third-order valence-electron chi connectivity index (χ3n) is 4.60. The molecule has 0 bridgehead atoms. The zero-order valence-electron chi connectivity index (χ0n) is 18.2. The Morgan fingerprint density at radius 3 is 2.41 bits per heavy atom. The predicted octanol–water partition coefficient (Wildman–Crippen LogP) is 5.72. The van der Waals surface area contributed by atoms with Crippen LogP contribution in [0.2, 0.25) is 0 Å². The highest BCUT2D eigenvalue weighted by Gasteiger charge is 2.11. The van der Waals surface area contributed by atoms with Gasteiger partial charge in [-0.2, -0.15) is 5.26 Å². The molecule has 0 heterocycles. The lowest BCUT2D eigenvalue weighted by Crippen LogP contribution is -2.13. The second-order valence-electron chi connectivity index (χ2n) is 6.98. The Morgan fingerprint density at radius 1 is 1.12 bits per heavy atom. The maximum absolute atomic E-state index is 12.5. The third kappa shape index (κ3) is 6.79. The van der Waals surface area contributed by atoms with Crippen LogP contribution < -0.4 is 14.8 Å². The fraction of sp³-hybridized carbons (Fsp3) is 0.120. The summed E-state index contributed by atoms with van der Waals surface area (Å²) in [6, 6.07) is 20.3. The van der Waals surface area contributed by atoms with Crippen molar-refractivity contribution < 1.29 is 19.2 Å². The number of halogens is 1. The molecule has 9 heteroatoms. The van der Waals surface area contributed by atoms with Gasteiger partial charge >= 0.3 is 0 Å². The van der Waals surface area contributed by atoms with Gasteiger partial charge in [0.25, 0.3) is 11.6 Å². The minimum atomic E-state index is -0.514. The van der Waals surface area contributed by atoms with E-state index in [0.717, 1.165) is 9.13 Å². The van der Waals surface area contributed by atoms with E-state index >= 15 is 0 Å². The number of anilines is 1. The normalized spacial score (nSPS) is 10.8. The first-order valence-electron chi connectivity index (χ1n) is 10.2. The fourth-order valence-electron chi connectivity index (χ4n) is 2.91. The number of nitrogens with one attached hydrogen (secondary N) is 1. The lowest BCUT2D eigenvalue weighted by molar-refractivity contribution is -0.384. The van der Waals surface area contributed by atoms with Crippen LogP contribution in [0.4, 0.5) is 11.4 Å². The standard InChI is InChI=1S/C25H20IN3O5/c1-2-33-22-10-6-20(7-11-22)28-25(30)19(15-27)13-18-5-12-24(23(26)14-18)34-16-17-3-8-21(9-4-17)29(31)32/h3-14H,2,16H2,1H3,(H,28,30)/b19-13-. The van der Waals surface area contributed by atoms with Gasteiger partial charge in [0.2, 0.25) is 0 Å². The lowest BCUT2D eigenvalue weighted by Gasteiger charge is -2.09. The SMILES string of the molecule is CCOc1ccc(NC(=O)/C(C#N)=C\c2ccc(OCc3ccc([N+](=O)[O-])cc3)c(I)c2)cc1. The smallest absolute Gasteiger partial charge is 0.269 e. The van der Waals surface area contributed by atoms with Gasteiger partial charge in [0.1, 0.15) is 29.7 Å². The molecule has 3 rings (SSSR count). The molecule has 0 atom stereocenters. The van der Waals surface area contributed by atoms with Gasteiger partial charge in [0, 0.05) is 17.8 Å². The van der Waals surface area contributed by atoms with E-state index < -0.39 is 10.8 Å². The van der Waals surface area contributed by atoms with Gasteiger partial charge in [0.05, 0.1) is 15.1 Å². The minimum absolute atomic E-state index is 0.0225. The molecule has 8 nitrogen and oxygen atoms in total. The summed E-state index contributed by atoms with van der Waals surface area (Å²) < 4.78 is 12.0. The fourth-order valence-corrected chi connectivity index (χ4v) is 3.61. The van der Waals surface area contributed by atoms with Gasteiger partial charge in [-0.15, -0.1) is 0 Å². The van der Waals surface area contributed by atoms with E-state index in [1.165, 1.54) is 18.2 Å². The van der Waals surface area contributed by atoms with Crippen molar-refractivity contribution in [3.8, 4) is 17.6 Å². The number of nitro groups is 1. The van der Waals surface area contributed by atoms with Crippen molar-refractivity contribution in [3.63, 3.8) is 0 Å². The Morgan fingerprint density at radius 2 is 1.82 bits per heavy atom. The van der Waals surface area contributed by atoms with E-state index in [-0.39, 0.29) is 17.9 Å². The number of hydrogen-bond donors (Lipinski definition) is 1. The van der Waals surface area contributed by atoms with Crippen molar-refractivity contribution in [1.82, 2.24) is 0 Å². The molecule has 0 aromatic heterocycles. The molecule has 1 amide bonds. The Labute approximate surface area is 210 Å². The molecule has 34 heavy (non-hydrogen) atoms. The molecule has 0 unspecified atom stereocenters. The molecule has 0 fully saturated rings. The van der Waals surface area contributed by atoms with E-state index in [2.05, 4.69) is 27.9 Å². The number of nitro benzene ring substituents is 1. The van der Waals surface area contributed by atoms with E-state index in [4.69, 9.17) is 9.47 Å². The van der Waals surface area contributed by atoms with Gasteiger partial charge in [-0.3, -0.25) is 14.9 Å². The van der Waals surface area contributed by atoms with Crippen molar-refractivity contribution in [2.24, 2.45) is 0 Å². The van der Waals surface area contributed by atoms with Gasteiger partial charge in [-0.1, -0.05) is 6.07 Å². The first-order valence-corrected chi connectivity index (χ1v) is 11.3. The highest BCUT2D eigenvalue weighted by molar-refractivity contribution is 14.1. The minimum Gasteiger partial charge on any atom is -0.494 e. The Bertz CT molecular complexity index is 1250. The van der Waals surface area contributed by atoms with Crippen molar-refractivity contribution in [2.45, 2.75) is 13.5 Å². The number of nitrogens with zero attached hydrogens (tertiary/aromatic N) is 2. The second kappa shape index (κ2) is 11.8. The number of ether oxygens (including phenoxy) is 2. The zero-order chi connectivity index (χ0) is 24.5. The number of amides is 1. The number of hydrogen-bond acceptors (Lipinski definition) is 6. The van der Waals surface area contributed by atoms with E-state index in [9.17, 15) is 20.2 Å². The monoisotopic (exact) mass is 569 g/mol. The molecule has 172 valence electrons. The van der Waals surface area contributed by atoms with Crippen molar-refractivity contribution >= 4 is 45.9 Å². The molecule has 1 N–H and O–H groups in total. The average molecular weight is 569 g/mol. The number of carbonyl (C=O) groups is 1. The summed E-state index contributed by atoms with van der Waals surface area (Å²) in [5.74, 6) is 0.802. The number of rotatable bonds is 9. The molecule has 0 aliphatic heterocycles. The first kappa shape index (κ1) is 24.7. The van der Waals surface area contributed by atoms with Crippen LogP contribution >= 0.6 is 22.6 Å². The highest BCUT2D eigenvalue weighted by Crippen LogP contribution is 2.25.